The minimum atomic E-state index is -0.123. The Balaban J connectivity index is 2.13. The van der Waals surface area contributed by atoms with E-state index in [1.165, 1.54) is 5.56 Å². The highest BCUT2D eigenvalue weighted by atomic mass is 35.5. The second-order valence-corrected chi connectivity index (χ2v) is 6.74. The number of halogens is 1. The Hall–Kier alpha value is -1.39. The van der Waals surface area contributed by atoms with Gasteiger partial charge in [0.1, 0.15) is 5.82 Å². The molecule has 1 unspecified atom stereocenters. The molecule has 2 heterocycles. The molecule has 0 bridgehead atoms. The highest BCUT2D eigenvalue weighted by Gasteiger charge is 2.16. The van der Waals surface area contributed by atoms with Crippen LogP contribution in [0.25, 0.3) is 11.0 Å². The van der Waals surface area contributed by atoms with Crippen LogP contribution in [-0.4, -0.2) is 14.5 Å². The number of benzene rings is 1. The van der Waals surface area contributed by atoms with Crippen molar-refractivity contribution < 1.29 is 0 Å². The standard InChI is InChI=1S/C15H16ClN3S/c1-9-4-5-14-13(6-9)18-15(10(2)16)19(14)7-12-8-20-11(3)17-12/h4-6,8,10H,7H2,1-3H3. The van der Waals surface area contributed by atoms with Crippen molar-refractivity contribution in [3.63, 3.8) is 0 Å². The first-order valence-electron chi connectivity index (χ1n) is 6.56. The number of hydrogen-bond acceptors (Lipinski definition) is 3. The zero-order valence-electron chi connectivity index (χ0n) is 11.7. The van der Waals surface area contributed by atoms with Crippen molar-refractivity contribution in [1.82, 2.24) is 14.5 Å². The normalized spacial score (nSPS) is 13.0. The third-order valence-electron chi connectivity index (χ3n) is 3.28. The monoisotopic (exact) mass is 305 g/mol. The van der Waals surface area contributed by atoms with Crippen LogP contribution in [0.3, 0.4) is 0 Å². The predicted molar refractivity (Wildman–Crippen MR) is 84.7 cm³/mol. The lowest BCUT2D eigenvalue weighted by molar-refractivity contribution is 0.729. The molecule has 3 rings (SSSR count). The van der Waals surface area contributed by atoms with Gasteiger partial charge in [-0.1, -0.05) is 6.07 Å². The largest absolute Gasteiger partial charge is 0.321 e. The predicted octanol–water partition coefficient (Wildman–Crippen LogP) is 4.46. The molecule has 3 nitrogen and oxygen atoms in total. The van der Waals surface area contributed by atoms with Crippen molar-refractivity contribution in [2.75, 3.05) is 0 Å². The van der Waals surface area contributed by atoms with Gasteiger partial charge >= 0.3 is 0 Å². The first kappa shape index (κ1) is 13.6. The zero-order chi connectivity index (χ0) is 14.3. The van der Waals surface area contributed by atoms with Crippen LogP contribution in [0, 0.1) is 13.8 Å². The van der Waals surface area contributed by atoms with Gasteiger partial charge in [-0.05, 0) is 38.5 Å². The summed E-state index contributed by atoms with van der Waals surface area (Å²) in [5.74, 6) is 0.901. The van der Waals surface area contributed by atoms with Crippen LogP contribution in [0.1, 0.15) is 34.4 Å². The van der Waals surface area contributed by atoms with E-state index in [-0.39, 0.29) is 5.38 Å². The van der Waals surface area contributed by atoms with Gasteiger partial charge in [-0.3, -0.25) is 0 Å². The Morgan fingerprint density at radius 1 is 1.30 bits per heavy atom. The topological polar surface area (TPSA) is 30.7 Å². The maximum Gasteiger partial charge on any atom is 0.128 e. The van der Waals surface area contributed by atoms with Crippen molar-refractivity contribution in [1.29, 1.82) is 0 Å². The molecule has 0 saturated carbocycles. The lowest BCUT2D eigenvalue weighted by atomic mass is 10.2. The molecular formula is C15H16ClN3S. The molecule has 0 aliphatic heterocycles. The number of alkyl halides is 1. The molecule has 20 heavy (non-hydrogen) atoms. The summed E-state index contributed by atoms with van der Waals surface area (Å²) in [5, 5.41) is 3.06. The molecule has 3 aromatic rings. The average molecular weight is 306 g/mol. The lowest BCUT2D eigenvalue weighted by Crippen LogP contribution is -2.06. The molecule has 0 N–H and O–H groups in total. The van der Waals surface area contributed by atoms with E-state index in [2.05, 4.69) is 45.0 Å². The van der Waals surface area contributed by atoms with Crippen molar-refractivity contribution in [2.45, 2.75) is 32.7 Å². The van der Waals surface area contributed by atoms with Crippen LogP contribution in [-0.2, 0) is 6.54 Å². The molecule has 0 fully saturated rings. The number of thiazole rings is 1. The van der Waals surface area contributed by atoms with E-state index < -0.39 is 0 Å². The Labute approximate surface area is 127 Å². The molecule has 0 saturated heterocycles. The second-order valence-electron chi connectivity index (χ2n) is 5.02. The summed E-state index contributed by atoms with van der Waals surface area (Å²) in [5.41, 5.74) is 4.38. The minimum Gasteiger partial charge on any atom is -0.321 e. The van der Waals surface area contributed by atoms with Gasteiger partial charge in [-0.25, -0.2) is 9.97 Å². The van der Waals surface area contributed by atoms with Gasteiger partial charge in [0.2, 0.25) is 0 Å². The second kappa shape index (κ2) is 5.19. The third-order valence-corrected chi connectivity index (χ3v) is 4.29. The van der Waals surface area contributed by atoms with Crippen LogP contribution < -0.4 is 0 Å². The van der Waals surface area contributed by atoms with Gasteiger partial charge < -0.3 is 4.57 Å². The van der Waals surface area contributed by atoms with E-state index in [4.69, 9.17) is 11.6 Å². The molecule has 0 amide bonds. The maximum atomic E-state index is 6.29. The van der Waals surface area contributed by atoms with E-state index >= 15 is 0 Å². The van der Waals surface area contributed by atoms with Gasteiger partial charge in [0.15, 0.2) is 0 Å². The Morgan fingerprint density at radius 2 is 2.10 bits per heavy atom. The number of nitrogens with zero attached hydrogens (tertiary/aromatic N) is 3. The van der Waals surface area contributed by atoms with Crippen molar-refractivity contribution in [2.24, 2.45) is 0 Å². The number of imidazole rings is 1. The van der Waals surface area contributed by atoms with Crippen LogP contribution in [0.2, 0.25) is 0 Å². The molecule has 0 spiro atoms. The fraction of sp³-hybridized carbons (Fsp3) is 0.333. The molecule has 5 heteroatoms. The maximum absolute atomic E-state index is 6.29. The fourth-order valence-electron chi connectivity index (χ4n) is 2.37. The number of aromatic nitrogens is 3. The molecular weight excluding hydrogens is 290 g/mol. The smallest absolute Gasteiger partial charge is 0.128 e. The highest BCUT2D eigenvalue weighted by molar-refractivity contribution is 7.09. The molecule has 0 aliphatic carbocycles. The number of hydrogen-bond donors (Lipinski definition) is 0. The SMILES string of the molecule is Cc1ccc2c(c1)nc(C(C)Cl)n2Cc1csc(C)n1. The molecule has 2 aromatic heterocycles. The number of rotatable bonds is 3. The summed E-state index contributed by atoms with van der Waals surface area (Å²) in [6.45, 7) is 6.77. The zero-order valence-corrected chi connectivity index (χ0v) is 13.3. The Morgan fingerprint density at radius 3 is 2.75 bits per heavy atom. The molecule has 1 atom stereocenters. The van der Waals surface area contributed by atoms with Crippen LogP contribution in [0.5, 0.6) is 0 Å². The summed E-state index contributed by atoms with van der Waals surface area (Å²) in [6.07, 6.45) is 0. The summed E-state index contributed by atoms with van der Waals surface area (Å²) >= 11 is 7.96. The highest BCUT2D eigenvalue weighted by Crippen LogP contribution is 2.26. The Kier molecular flexibility index (Phi) is 3.52. The van der Waals surface area contributed by atoms with Crippen molar-refractivity contribution in [3.05, 3.63) is 45.7 Å². The third kappa shape index (κ3) is 2.45. The van der Waals surface area contributed by atoms with E-state index in [1.807, 2.05) is 13.8 Å². The van der Waals surface area contributed by atoms with Gasteiger partial charge in [0.25, 0.3) is 0 Å². The summed E-state index contributed by atoms with van der Waals surface area (Å²) in [7, 11) is 0. The molecule has 0 radical (unpaired) electrons. The summed E-state index contributed by atoms with van der Waals surface area (Å²) in [6, 6.07) is 6.32. The number of fused-ring (bicyclic) bond motifs is 1. The Bertz CT molecular complexity index is 758. The van der Waals surface area contributed by atoms with Crippen LogP contribution in [0.4, 0.5) is 0 Å². The van der Waals surface area contributed by atoms with E-state index in [1.54, 1.807) is 11.3 Å². The lowest BCUT2D eigenvalue weighted by Gasteiger charge is -2.09. The molecule has 0 aliphatic rings. The minimum absolute atomic E-state index is 0.123. The van der Waals surface area contributed by atoms with E-state index in [9.17, 15) is 0 Å². The van der Waals surface area contributed by atoms with E-state index in [0.717, 1.165) is 34.1 Å². The number of aryl methyl sites for hydroxylation is 2. The van der Waals surface area contributed by atoms with Crippen molar-refractivity contribution >= 4 is 34.0 Å². The quantitative estimate of drug-likeness (QED) is 0.669. The summed E-state index contributed by atoms with van der Waals surface area (Å²) in [4.78, 5) is 9.22. The van der Waals surface area contributed by atoms with Gasteiger partial charge in [0.05, 0.1) is 33.7 Å². The fourth-order valence-corrected chi connectivity index (χ4v) is 3.14. The van der Waals surface area contributed by atoms with Crippen molar-refractivity contribution in [3.8, 4) is 0 Å². The van der Waals surface area contributed by atoms with Gasteiger partial charge in [0, 0.05) is 5.38 Å². The van der Waals surface area contributed by atoms with E-state index in [0.29, 0.717) is 0 Å². The average Bonchev–Trinajstić information content (AvgIpc) is 2.94. The van der Waals surface area contributed by atoms with Gasteiger partial charge in [-0.2, -0.15) is 0 Å². The molecule has 1 aromatic carbocycles. The van der Waals surface area contributed by atoms with Gasteiger partial charge in [-0.15, -0.1) is 22.9 Å². The van der Waals surface area contributed by atoms with Crippen LogP contribution in [0.15, 0.2) is 23.6 Å². The first-order chi connectivity index (χ1) is 9.54. The summed E-state index contributed by atoms with van der Waals surface area (Å²) < 4.78 is 2.17. The first-order valence-corrected chi connectivity index (χ1v) is 7.88. The molecule has 104 valence electrons. The van der Waals surface area contributed by atoms with Crippen LogP contribution >= 0.6 is 22.9 Å².